The van der Waals surface area contributed by atoms with Gasteiger partial charge in [-0.2, -0.15) is 28.2 Å². The van der Waals surface area contributed by atoms with Crippen molar-refractivity contribution in [2.24, 2.45) is 0 Å². The van der Waals surface area contributed by atoms with Crippen LogP contribution in [0.2, 0.25) is 0 Å². The van der Waals surface area contributed by atoms with Crippen molar-refractivity contribution in [3.63, 3.8) is 0 Å². The molecule has 12 nitrogen and oxygen atoms in total. The van der Waals surface area contributed by atoms with Crippen LogP contribution in [-0.4, -0.2) is 105 Å². The SMILES string of the molecule is Cc1cc2c(cnn2C2CCCCO2)c(-c2nccc3c2oc2nc(OC[C@@]45CCCN4C[C@H](F)C5)nc(N4CCOC[C@@](C)(O)C4)c23)c1C(F)(F)F. The van der Waals surface area contributed by atoms with Crippen LogP contribution in [0, 0.1) is 6.92 Å². The molecule has 4 atom stereocenters. The lowest BCUT2D eigenvalue weighted by molar-refractivity contribution is -0.137. The van der Waals surface area contributed by atoms with Crippen LogP contribution in [-0.2, 0) is 15.7 Å². The van der Waals surface area contributed by atoms with Crippen molar-refractivity contribution in [1.82, 2.24) is 29.6 Å². The summed E-state index contributed by atoms with van der Waals surface area (Å²) in [7, 11) is 0. The molecule has 16 heteroatoms. The highest BCUT2D eigenvalue weighted by Gasteiger charge is 2.49. The molecule has 8 heterocycles. The summed E-state index contributed by atoms with van der Waals surface area (Å²) in [4.78, 5) is 18.0. The lowest BCUT2D eigenvalue weighted by Crippen LogP contribution is -2.43. The van der Waals surface area contributed by atoms with Crippen molar-refractivity contribution in [2.75, 3.05) is 57.5 Å². The molecule has 1 unspecified atom stereocenters. The van der Waals surface area contributed by atoms with E-state index in [2.05, 4.69) is 20.0 Å². The number of aliphatic hydroxyl groups is 1. The molecule has 0 saturated carbocycles. The Balaban J connectivity index is 1.23. The first-order valence-electron chi connectivity index (χ1n) is 18.3. The first-order valence-corrected chi connectivity index (χ1v) is 18.3. The summed E-state index contributed by atoms with van der Waals surface area (Å²) in [6.07, 6.45) is 1.39. The van der Waals surface area contributed by atoms with Crippen LogP contribution in [0.1, 0.15) is 62.8 Å². The molecule has 9 rings (SSSR count). The first kappa shape index (κ1) is 34.6. The average molecular weight is 740 g/mol. The van der Waals surface area contributed by atoms with Crippen molar-refractivity contribution in [2.45, 2.75) is 82.1 Å². The largest absolute Gasteiger partial charge is 0.461 e. The Kier molecular flexibility index (Phi) is 8.33. The van der Waals surface area contributed by atoms with Gasteiger partial charge in [-0.15, -0.1) is 0 Å². The highest BCUT2D eigenvalue weighted by molar-refractivity contribution is 6.14. The van der Waals surface area contributed by atoms with E-state index in [9.17, 15) is 9.50 Å². The number of furan rings is 1. The summed E-state index contributed by atoms with van der Waals surface area (Å²) in [5.74, 6) is 0.370. The molecule has 0 radical (unpaired) electrons. The van der Waals surface area contributed by atoms with Crippen molar-refractivity contribution < 1.29 is 41.3 Å². The number of hydrogen-bond donors (Lipinski definition) is 1. The molecule has 4 aliphatic heterocycles. The normalized spacial score (nSPS) is 27.3. The minimum atomic E-state index is -4.73. The number of benzene rings is 1. The number of halogens is 4. The molecule has 5 aromatic rings. The zero-order valence-electron chi connectivity index (χ0n) is 29.6. The number of anilines is 1. The summed E-state index contributed by atoms with van der Waals surface area (Å²) >= 11 is 0. The van der Waals surface area contributed by atoms with Gasteiger partial charge in [-0.25, -0.2) is 9.07 Å². The van der Waals surface area contributed by atoms with Crippen molar-refractivity contribution in [3.8, 4) is 17.3 Å². The number of fused-ring (bicyclic) bond motifs is 5. The number of hydrogen-bond acceptors (Lipinski definition) is 11. The van der Waals surface area contributed by atoms with Crippen molar-refractivity contribution >= 4 is 38.8 Å². The van der Waals surface area contributed by atoms with Gasteiger partial charge in [0.05, 0.1) is 48.0 Å². The first-order chi connectivity index (χ1) is 25.4. The van der Waals surface area contributed by atoms with E-state index in [1.54, 1.807) is 17.7 Å². The average Bonchev–Trinajstić information content (AvgIpc) is 3.85. The molecule has 0 aliphatic carbocycles. The van der Waals surface area contributed by atoms with Gasteiger partial charge in [0.2, 0.25) is 5.71 Å². The van der Waals surface area contributed by atoms with E-state index < -0.39 is 35.3 Å². The molecule has 0 bridgehead atoms. The molecule has 0 amide bonds. The molecular weight excluding hydrogens is 698 g/mol. The van der Waals surface area contributed by atoms with Gasteiger partial charge < -0.3 is 28.6 Å². The molecule has 53 heavy (non-hydrogen) atoms. The van der Waals surface area contributed by atoms with Gasteiger partial charge in [-0.05, 0) is 70.2 Å². The maximum absolute atomic E-state index is 15.1. The smallest absolute Gasteiger partial charge is 0.417 e. The van der Waals surface area contributed by atoms with Crippen LogP contribution in [0.25, 0.3) is 44.2 Å². The fourth-order valence-corrected chi connectivity index (χ4v) is 8.94. The van der Waals surface area contributed by atoms with E-state index in [0.29, 0.717) is 61.3 Å². The van der Waals surface area contributed by atoms with Crippen LogP contribution in [0.5, 0.6) is 6.01 Å². The Morgan fingerprint density at radius 2 is 1.98 bits per heavy atom. The minimum Gasteiger partial charge on any atom is -0.461 e. The molecule has 0 spiro atoms. The zero-order chi connectivity index (χ0) is 36.7. The van der Waals surface area contributed by atoms with Crippen LogP contribution >= 0.6 is 0 Å². The molecule has 4 aliphatic rings. The highest BCUT2D eigenvalue weighted by Crippen LogP contribution is 2.47. The molecule has 1 aromatic carbocycles. The molecular formula is C37H41F4N7O5. The number of aryl methyl sites for hydroxylation is 1. The van der Waals surface area contributed by atoms with Crippen LogP contribution in [0.3, 0.4) is 0 Å². The molecule has 4 aromatic heterocycles. The summed E-state index contributed by atoms with van der Waals surface area (Å²) in [6.45, 7) is 5.84. The topological polar surface area (TPSA) is 124 Å². The standard InChI is InChI=1S/C37H41F4N7O5/c1-21-14-25-24(16-43-48(25)26-6-3-4-12-51-26)27(29(21)37(39,40)41)30-31-23(7-9-42-30)28-32(46-11-13-50-19-35(2,49)18-46)44-34(45-33(28)53-31)52-20-36-8-5-10-47(36)17-22(38)15-36/h7,9,14,16,22,26,49H,3-6,8,10-13,15,17-20H2,1-2H3/t22-,26?,35+,36+/m1/s1. The Labute approximate surface area is 302 Å². The van der Waals surface area contributed by atoms with E-state index >= 15 is 13.2 Å². The van der Waals surface area contributed by atoms with E-state index in [0.717, 1.165) is 32.2 Å². The number of aromatic nitrogens is 5. The van der Waals surface area contributed by atoms with Gasteiger partial charge in [0.15, 0.2) is 11.8 Å². The second-order valence-corrected chi connectivity index (χ2v) is 15.3. The van der Waals surface area contributed by atoms with E-state index in [1.807, 2.05) is 4.90 Å². The van der Waals surface area contributed by atoms with Crippen LogP contribution < -0.4 is 9.64 Å². The van der Waals surface area contributed by atoms with Crippen molar-refractivity contribution in [1.29, 1.82) is 0 Å². The summed E-state index contributed by atoms with van der Waals surface area (Å²) < 4.78 is 85.8. The summed E-state index contributed by atoms with van der Waals surface area (Å²) in [5.41, 5.74) is -2.04. The van der Waals surface area contributed by atoms with E-state index in [4.69, 9.17) is 23.6 Å². The third-order valence-electron chi connectivity index (χ3n) is 11.2. The second kappa shape index (κ2) is 12.7. The van der Waals surface area contributed by atoms with E-state index in [1.165, 1.54) is 25.4 Å². The monoisotopic (exact) mass is 739 g/mol. The number of alkyl halides is 4. The third-order valence-corrected chi connectivity index (χ3v) is 11.2. The van der Waals surface area contributed by atoms with E-state index in [-0.39, 0.29) is 59.3 Å². The van der Waals surface area contributed by atoms with Gasteiger partial charge in [0, 0.05) is 48.6 Å². The maximum Gasteiger partial charge on any atom is 0.417 e. The van der Waals surface area contributed by atoms with Crippen LogP contribution in [0.15, 0.2) is 28.9 Å². The quantitative estimate of drug-likeness (QED) is 0.196. The highest BCUT2D eigenvalue weighted by atomic mass is 19.4. The number of rotatable bonds is 6. The van der Waals surface area contributed by atoms with Crippen molar-refractivity contribution in [3.05, 3.63) is 35.7 Å². The predicted octanol–water partition coefficient (Wildman–Crippen LogP) is 6.36. The molecule has 4 fully saturated rings. The van der Waals surface area contributed by atoms with Gasteiger partial charge in [0.1, 0.15) is 29.9 Å². The summed E-state index contributed by atoms with van der Waals surface area (Å²) in [6, 6.07) is 3.16. The summed E-state index contributed by atoms with van der Waals surface area (Å²) in [5, 5.41) is 16.8. The van der Waals surface area contributed by atoms with Gasteiger partial charge >= 0.3 is 12.2 Å². The second-order valence-electron chi connectivity index (χ2n) is 15.3. The number of nitrogens with zero attached hydrogens (tertiary/aromatic N) is 7. The van der Waals surface area contributed by atoms with Crippen LogP contribution in [0.4, 0.5) is 23.4 Å². The Morgan fingerprint density at radius 3 is 2.79 bits per heavy atom. The van der Waals surface area contributed by atoms with Gasteiger partial charge in [0.25, 0.3) is 0 Å². The Bertz CT molecular complexity index is 2200. The molecule has 4 saturated heterocycles. The predicted molar refractivity (Wildman–Crippen MR) is 187 cm³/mol. The lowest BCUT2D eigenvalue weighted by Gasteiger charge is -2.31. The lowest BCUT2D eigenvalue weighted by atomic mass is 9.94. The van der Waals surface area contributed by atoms with Gasteiger partial charge in [-0.1, -0.05) is 0 Å². The molecule has 282 valence electrons. The fourth-order valence-electron chi connectivity index (χ4n) is 8.94. The third kappa shape index (κ3) is 5.97. The Morgan fingerprint density at radius 1 is 1.11 bits per heavy atom. The van der Waals surface area contributed by atoms with Gasteiger partial charge in [-0.3, -0.25) is 9.88 Å². The molecule has 1 N–H and O–H groups in total. The zero-order valence-corrected chi connectivity index (χ0v) is 29.6. The number of β-amino-alcohol motifs (C(OH)–C–C–N with tert-alkyl or cyclic N) is 1. The number of pyridine rings is 1. The minimum absolute atomic E-state index is 0.0122. The maximum atomic E-state index is 15.1. The number of ether oxygens (including phenoxy) is 3. The fraction of sp³-hybridized carbons (Fsp3) is 0.568. The Hall–Kier alpha value is -4.12.